The Balaban J connectivity index is 3.43. The summed E-state index contributed by atoms with van der Waals surface area (Å²) in [5.74, 6) is 0. The van der Waals surface area contributed by atoms with Crippen LogP contribution >= 0.6 is 12.2 Å². The van der Waals surface area contributed by atoms with Crippen molar-refractivity contribution in [1.82, 2.24) is 21.5 Å². The van der Waals surface area contributed by atoms with Crippen molar-refractivity contribution >= 4 is 23.4 Å². The van der Waals surface area contributed by atoms with Crippen LogP contribution in [0.25, 0.3) is 0 Å². The van der Waals surface area contributed by atoms with E-state index in [2.05, 4.69) is 28.1 Å². The molecule has 0 aliphatic heterocycles. The third-order valence-corrected chi connectivity index (χ3v) is 1.23. The monoisotopic (exact) mass is 188 g/mol. The lowest BCUT2D eigenvalue weighted by atomic mass is 10.6. The first-order valence-electron chi connectivity index (χ1n) is 3.33. The summed E-state index contributed by atoms with van der Waals surface area (Å²) in [6, 6.07) is -0.354. The Labute approximate surface area is 76.6 Å². The molecule has 0 atom stereocenters. The second-order valence-electron chi connectivity index (χ2n) is 1.83. The number of thiocarbonyl (C=S) groups is 1. The average Bonchev–Trinajstić information content (AvgIpc) is 2.10. The molecule has 0 heterocycles. The summed E-state index contributed by atoms with van der Waals surface area (Å²) >= 11 is 4.70. The molecule has 0 aromatic carbocycles. The van der Waals surface area contributed by atoms with Gasteiger partial charge in [0.1, 0.15) is 0 Å². The molecule has 12 heavy (non-hydrogen) atoms. The van der Waals surface area contributed by atoms with Gasteiger partial charge in [0.05, 0.1) is 0 Å². The number of carbonyl (C=O) groups is 1. The molecule has 68 valence electrons. The number of hydrazine groups is 1. The van der Waals surface area contributed by atoms with Gasteiger partial charge in [0.2, 0.25) is 0 Å². The van der Waals surface area contributed by atoms with Crippen LogP contribution in [0.5, 0.6) is 0 Å². The van der Waals surface area contributed by atoms with Gasteiger partial charge in [-0.05, 0) is 12.2 Å². The molecule has 0 spiro atoms. The third kappa shape index (κ3) is 5.48. The zero-order chi connectivity index (χ0) is 9.40. The van der Waals surface area contributed by atoms with Crippen LogP contribution in [-0.4, -0.2) is 24.7 Å². The van der Waals surface area contributed by atoms with Gasteiger partial charge in [0.15, 0.2) is 5.11 Å². The third-order valence-electron chi connectivity index (χ3n) is 0.924. The van der Waals surface area contributed by atoms with E-state index >= 15 is 0 Å². The van der Waals surface area contributed by atoms with Crippen molar-refractivity contribution < 1.29 is 4.79 Å². The topological polar surface area (TPSA) is 65.2 Å². The van der Waals surface area contributed by atoms with E-state index in [1.54, 1.807) is 13.1 Å². The Kier molecular flexibility index (Phi) is 5.72. The van der Waals surface area contributed by atoms with Gasteiger partial charge < -0.3 is 10.6 Å². The first-order valence-corrected chi connectivity index (χ1v) is 3.74. The predicted octanol–water partition coefficient (Wildman–Crippen LogP) is -0.519. The fourth-order valence-corrected chi connectivity index (χ4v) is 0.436. The van der Waals surface area contributed by atoms with Gasteiger partial charge in [-0.25, -0.2) is 10.2 Å². The Morgan fingerprint density at radius 3 is 2.75 bits per heavy atom. The fraction of sp³-hybridized carbons (Fsp3) is 0.333. The molecule has 0 rings (SSSR count). The lowest BCUT2D eigenvalue weighted by Crippen LogP contribution is -2.49. The Bertz CT molecular complexity index is 182. The van der Waals surface area contributed by atoms with Gasteiger partial charge in [-0.15, -0.1) is 6.58 Å². The molecule has 0 radical (unpaired) electrons. The molecular weight excluding hydrogens is 176 g/mol. The van der Waals surface area contributed by atoms with Crippen molar-refractivity contribution in [2.45, 2.75) is 0 Å². The van der Waals surface area contributed by atoms with Gasteiger partial charge in [0.25, 0.3) is 0 Å². The minimum absolute atomic E-state index is 0.351. The highest BCUT2D eigenvalue weighted by Crippen LogP contribution is 1.63. The van der Waals surface area contributed by atoms with Crippen molar-refractivity contribution in [2.24, 2.45) is 0 Å². The van der Waals surface area contributed by atoms with Crippen molar-refractivity contribution in [2.75, 3.05) is 13.6 Å². The van der Waals surface area contributed by atoms with E-state index in [9.17, 15) is 4.79 Å². The number of urea groups is 1. The number of hydrogen-bond acceptors (Lipinski definition) is 2. The second-order valence-corrected chi connectivity index (χ2v) is 2.24. The SMILES string of the molecule is C=CCNC(=O)NNC(=S)NC. The molecule has 0 bridgehead atoms. The molecular formula is C6H12N4OS. The fourth-order valence-electron chi connectivity index (χ4n) is 0.385. The maximum Gasteiger partial charge on any atom is 0.333 e. The summed E-state index contributed by atoms with van der Waals surface area (Å²) in [5, 5.41) is 5.48. The molecule has 2 amide bonds. The molecule has 0 fully saturated rings. The Morgan fingerprint density at radius 1 is 1.58 bits per heavy atom. The zero-order valence-electron chi connectivity index (χ0n) is 6.81. The van der Waals surface area contributed by atoms with E-state index in [0.717, 1.165) is 0 Å². The molecule has 0 aromatic heterocycles. The van der Waals surface area contributed by atoms with Crippen LogP contribution in [0, 0.1) is 0 Å². The average molecular weight is 188 g/mol. The maximum absolute atomic E-state index is 10.8. The molecule has 4 N–H and O–H groups in total. The van der Waals surface area contributed by atoms with Crippen LogP contribution in [0.3, 0.4) is 0 Å². The van der Waals surface area contributed by atoms with E-state index in [-0.39, 0.29) is 6.03 Å². The van der Waals surface area contributed by atoms with E-state index in [0.29, 0.717) is 11.7 Å². The van der Waals surface area contributed by atoms with E-state index in [4.69, 9.17) is 12.2 Å². The quantitative estimate of drug-likeness (QED) is 0.267. The summed E-state index contributed by atoms with van der Waals surface area (Å²) in [5.41, 5.74) is 4.78. The van der Waals surface area contributed by atoms with Crippen molar-refractivity contribution in [1.29, 1.82) is 0 Å². The highest BCUT2D eigenvalue weighted by Gasteiger charge is 1.96. The summed E-state index contributed by atoms with van der Waals surface area (Å²) in [6.07, 6.45) is 1.58. The summed E-state index contributed by atoms with van der Waals surface area (Å²) in [6.45, 7) is 3.86. The van der Waals surface area contributed by atoms with Gasteiger partial charge in [-0.2, -0.15) is 0 Å². The van der Waals surface area contributed by atoms with Gasteiger partial charge in [-0.3, -0.25) is 5.43 Å². The summed E-state index contributed by atoms with van der Waals surface area (Å²) in [4.78, 5) is 10.8. The highest BCUT2D eigenvalue weighted by atomic mass is 32.1. The van der Waals surface area contributed by atoms with E-state index in [1.165, 1.54) is 0 Å². The Hall–Kier alpha value is -1.30. The minimum atomic E-state index is -0.354. The molecule has 0 aliphatic rings. The van der Waals surface area contributed by atoms with Crippen LogP contribution in [0.2, 0.25) is 0 Å². The van der Waals surface area contributed by atoms with Crippen molar-refractivity contribution in [3.05, 3.63) is 12.7 Å². The predicted molar refractivity (Wildman–Crippen MR) is 51.5 cm³/mol. The largest absolute Gasteiger partial charge is 0.364 e. The second kappa shape index (κ2) is 6.41. The van der Waals surface area contributed by atoms with Crippen LogP contribution in [0.15, 0.2) is 12.7 Å². The highest BCUT2D eigenvalue weighted by molar-refractivity contribution is 7.80. The molecule has 5 nitrogen and oxygen atoms in total. The van der Waals surface area contributed by atoms with Gasteiger partial charge >= 0.3 is 6.03 Å². The maximum atomic E-state index is 10.8. The normalized spacial score (nSPS) is 8.08. The lowest BCUT2D eigenvalue weighted by molar-refractivity contribution is 0.240. The van der Waals surface area contributed by atoms with Crippen LogP contribution in [0.4, 0.5) is 4.79 Å². The van der Waals surface area contributed by atoms with Crippen molar-refractivity contribution in [3.63, 3.8) is 0 Å². The number of nitrogens with one attached hydrogen (secondary N) is 4. The molecule has 0 aromatic rings. The minimum Gasteiger partial charge on any atom is -0.364 e. The summed E-state index contributed by atoms with van der Waals surface area (Å²) < 4.78 is 0. The number of amides is 2. The number of rotatable bonds is 2. The van der Waals surface area contributed by atoms with E-state index in [1.807, 2.05) is 0 Å². The first kappa shape index (κ1) is 10.7. The molecule has 0 aliphatic carbocycles. The zero-order valence-corrected chi connectivity index (χ0v) is 7.62. The molecule has 6 heteroatoms. The summed E-state index contributed by atoms with van der Waals surface area (Å²) in [7, 11) is 1.65. The first-order chi connectivity index (χ1) is 5.70. The smallest absolute Gasteiger partial charge is 0.333 e. The Morgan fingerprint density at radius 2 is 2.25 bits per heavy atom. The van der Waals surface area contributed by atoms with Crippen molar-refractivity contribution in [3.8, 4) is 0 Å². The van der Waals surface area contributed by atoms with Gasteiger partial charge in [-0.1, -0.05) is 6.08 Å². The lowest BCUT2D eigenvalue weighted by Gasteiger charge is -2.08. The van der Waals surface area contributed by atoms with E-state index < -0.39 is 0 Å². The standard InChI is InChI=1S/C6H12N4OS/c1-3-4-8-5(11)9-10-6(12)7-2/h3H,1,4H2,2H3,(H2,7,10,12)(H2,8,9,11). The molecule has 0 unspecified atom stereocenters. The van der Waals surface area contributed by atoms with Gasteiger partial charge in [0, 0.05) is 13.6 Å². The molecule has 0 saturated heterocycles. The number of carbonyl (C=O) groups excluding carboxylic acids is 1. The molecule has 0 saturated carbocycles. The van der Waals surface area contributed by atoms with Crippen LogP contribution in [0.1, 0.15) is 0 Å². The van der Waals surface area contributed by atoms with Crippen LogP contribution in [-0.2, 0) is 0 Å². The van der Waals surface area contributed by atoms with Crippen LogP contribution < -0.4 is 21.5 Å². The number of hydrogen-bond donors (Lipinski definition) is 4.